The van der Waals surface area contributed by atoms with Crippen LogP contribution in [0.3, 0.4) is 0 Å². The van der Waals surface area contributed by atoms with Crippen LogP contribution in [-0.2, 0) is 10.0 Å². The van der Waals surface area contributed by atoms with Crippen LogP contribution in [-0.4, -0.2) is 13.5 Å². The molecule has 0 radical (unpaired) electrons. The average molecular weight is 302 g/mol. The smallest absolute Gasteiger partial charge is 0.261 e. The summed E-state index contributed by atoms with van der Waals surface area (Å²) in [6.45, 7) is 1.60. The lowest BCUT2D eigenvalue weighted by atomic mass is 10.1. The molecule has 0 aromatic heterocycles. The number of hydrogen-bond acceptors (Lipinski definition) is 4. The first kappa shape index (κ1) is 15.0. The third-order valence-electron chi connectivity index (χ3n) is 2.96. The summed E-state index contributed by atoms with van der Waals surface area (Å²) in [4.78, 5) is 0.0691. The second-order valence-corrected chi connectivity index (χ2v) is 6.19. The number of para-hydroxylation sites is 1. The van der Waals surface area contributed by atoms with Gasteiger partial charge in [0.05, 0.1) is 22.3 Å². The minimum Gasteiger partial charge on any atom is -0.389 e. The van der Waals surface area contributed by atoms with Gasteiger partial charge in [0.15, 0.2) is 0 Å². The van der Waals surface area contributed by atoms with Crippen molar-refractivity contribution in [3.63, 3.8) is 0 Å². The Morgan fingerprint density at radius 3 is 2.33 bits per heavy atom. The molecule has 21 heavy (non-hydrogen) atoms. The summed E-state index contributed by atoms with van der Waals surface area (Å²) in [5, 5.41) is 18.4. The molecule has 0 fully saturated rings. The van der Waals surface area contributed by atoms with E-state index in [1.165, 1.54) is 24.3 Å². The maximum atomic E-state index is 12.3. The van der Waals surface area contributed by atoms with Gasteiger partial charge in [-0.25, -0.2) is 8.42 Å². The lowest BCUT2D eigenvalue weighted by molar-refractivity contribution is 0.199. The average Bonchev–Trinajstić information content (AvgIpc) is 2.47. The molecular weight excluding hydrogens is 288 g/mol. The summed E-state index contributed by atoms with van der Waals surface area (Å²) in [5.41, 5.74) is 1.12. The van der Waals surface area contributed by atoms with Gasteiger partial charge in [-0.15, -0.1) is 0 Å². The minimum atomic E-state index is -3.77. The quantitative estimate of drug-likeness (QED) is 0.907. The molecular formula is C15H14N2O3S. The highest BCUT2D eigenvalue weighted by atomic mass is 32.2. The molecule has 5 nitrogen and oxygen atoms in total. The first-order valence-corrected chi connectivity index (χ1v) is 7.72. The zero-order chi connectivity index (χ0) is 15.5. The van der Waals surface area contributed by atoms with E-state index in [-0.39, 0.29) is 16.1 Å². The van der Waals surface area contributed by atoms with Crippen molar-refractivity contribution < 1.29 is 13.5 Å². The normalized spacial score (nSPS) is 12.4. The van der Waals surface area contributed by atoms with Gasteiger partial charge in [-0.2, -0.15) is 5.26 Å². The van der Waals surface area contributed by atoms with Crippen LogP contribution in [0.2, 0.25) is 0 Å². The molecule has 0 aliphatic heterocycles. The molecule has 0 bridgehead atoms. The highest BCUT2D eigenvalue weighted by Crippen LogP contribution is 2.21. The summed E-state index contributed by atoms with van der Waals surface area (Å²) in [7, 11) is -3.77. The summed E-state index contributed by atoms with van der Waals surface area (Å²) in [6.07, 6.45) is -0.658. The van der Waals surface area contributed by atoms with Gasteiger partial charge in [-0.05, 0) is 36.8 Å². The predicted molar refractivity (Wildman–Crippen MR) is 79.0 cm³/mol. The Kier molecular flexibility index (Phi) is 4.26. The van der Waals surface area contributed by atoms with Crippen LogP contribution >= 0.6 is 0 Å². The van der Waals surface area contributed by atoms with E-state index in [2.05, 4.69) is 4.72 Å². The van der Waals surface area contributed by atoms with Gasteiger partial charge in [0.25, 0.3) is 10.0 Å². The zero-order valence-corrected chi connectivity index (χ0v) is 12.1. The molecule has 1 atom stereocenters. The number of benzene rings is 2. The van der Waals surface area contributed by atoms with E-state index < -0.39 is 16.1 Å². The molecule has 0 amide bonds. The van der Waals surface area contributed by atoms with Crippen LogP contribution in [0.4, 0.5) is 5.69 Å². The fourth-order valence-electron chi connectivity index (χ4n) is 1.80. The first-order valence-electron chi connectivity index (χ1n) is 6.24. The molecule has 2 rings (SSSR count). The third-order valence-corrected chi connectivity index (χ3v) is 4.35. The number of nitrogens with one attached hydrogen (secondary N) is 1. The molecule has 108 valence electrons. The largest absolute Gasteiger partial charge is 0.389 e. The van der Waals surface area contributed by atoms with Crippen molar-refractivity contribution in [2.75, 3.05) is 4.72 Å². The van der Waals surface area contributed by atoms with E-state index in [0.717, 1.165) is 0 Å². The van der Waals surface area contributed by atoms with Crippen molar-refractivity contribution in [2.24, 2.45) is 0 Å². The second-order valence-electron chi connectivity index (χ2n) is 4.51. The summed E-state index contributed by atoms with van der Waals surface area (Å²) in [5.74, 6) is 0. The number of nitrogens with zero attached hydrogens (tertiary/aromatic N) is 1. The van der Waals surface area contributed by atoms with E-state index in [0.29, 0.717) is 5.56 Å². The SMILES string of the molecule is CC(O)c1ccc(S(=O)(=O)Nc2ccccc2C#N)cc1. The van der Waals surface area contributed by atoms with Crippen LogP contribution in [0.25, 0.3) is 0 Å². The van der Waals surface area contributed by atoms with Crippen LogP contribution in [0.5, 0.6) is 0 Å². The topological polar surface area (TPSA) is 90.2 Å². The standard InChI is InChI=1S/C15H14N2O3S/c1-11(18)12-6-8-14(9-7-12)21(19,20)17-15-5-3-2-4-13(15)10-16/h2-9,11,17-18H,1H3. The van der Waals surface area contributed by atoms with Gasteiger partial charge in [-0.1, -0.05) is 24.3 Å². The van der Waals surface area contributed by atoms with Gasteiger partial charge in [-0.3, -0.25) is 4.72 Å². The number of anilines is 1. The van der Waals surface area contributed by atoms with Gasteiger partial charge < -0.3 is 5.11 Å². The molecule has 1 unspecified atom stereocenters. The Labute approximate surface area is 123 Å². The van der Waals surface area contributed by atoms with E-state index in [1.54, 1.807) is 31.2 Å². The fraction of sp³-hybridized carbons (Fsp3) is 0.133. The lowest BCUT2D eigenvalue weighted by Crippen LogP contribution is -2.13. The summed E-state index contributed by atoms with van der Waals surface area (Å²) >= 11 is 0. The Morgan fingerprint density at radius 1 is 1.14 bits per heavy atom. The molecule has 0 saturated heterocycles. The summed E-state index contributed by atoms with van der Waals surface area (Å²) < 4.78 is 26.9. The molecule has 0 spiro atoms. The van der Waals surface area contributed by atoms with E-state index in [9.17, 15) is 13.5 Å². The molecule has 0 saturated carbocycles. The number of aliphatic hydroxyl groups is 1. The van der Waals surface area contributed by atoms with Crippen molar-refractivity contribution in [1.82, 2.24) is 0 Å². The number of nitriles is 1. The van der Waals surface area contributed by atoms with E-state index in [1.807, 2.05) is 6.07 Å². The molecule has 2 N–H and O–H groups in total. The molecule has 0 aliphatic carbocycles. The number of aliphatic hydroxyl groups excluding tert-OH is 1. The monoisotopic (exact) mass is 302 g/mol. The Balaban J connectivity index is 2.32. The highest BCUT2D eigenvalue weighted by molar-refractivity contribution is 7.92. The van der Waals surface area contributed by atoms with Gasteiger partial charge >= 0.3 is 0 Å². The molecule has 2 aromatic carbocycles. The zero-order valence-electron chi connectivity index (χ0n) is 11.3. The first-order chi connectivity index (χ1) is 9.94. The molecule has 2 aromatic rings. The van der Waals surface area contributed by atoms with Gasteiger partial charge in [0, 0.05) is 0 Å². The molecule has 6 heteroatoms. The Hall–Kier alpha value is -2.36. The third kappa shape index (κ3) is 3.40. The van der Waals surface area contributed by atoms with Crippen molar-refractivity contribution in [3.8, 4) is 6.07 Å². The molecule has 0 heterocycles. The van der Waals surface area contributed by atoms with Crippen molar-refractivity contribution in [3.05, 3.63) is 59.7 Å². The van der Waals surface area contributed by atoms with Crippen molar-refractivity contribution >= 4 is 15.7 Å². The summed E-state index contributed by atoms with van der Waals surface area (Å²) in [6, 6.07) is 14.2. The fourth-order valence-corrected chi connectivity index (χ4v) is 2.88. The van der Waals surface area contributed by atoms with Gasteiger partial charge in [0.2, 0.25) is 0 Å². The van der Waals surface area contributed by atoms with E-state index >= 15 is 0 Å². The lowest BCUT2D eigenvalue weighted by Gasteiger charge is -2.10. The molecule has 0 aliphatic rings. The minimum absolute atomic E-state index is 0.0691. The van der Waals surface area contributed by atoms with Crippen molar-refractivity contribution in [2.45, 2.75) is 17.9 Å². The number of rotatable bonds is 4. The number of sulfonamides is 1. The maximum absolute atomic E-state index is 12.3. The van der Waals surface area contributed by atoms with Crippen LogP contribution in [0.15, 0.2) is 53.4 Å². The van der Waals surface area contributed by atoms with Gasteiger partial charge in [0.1, 0.15) is 6.07 Å². The second kappa shape index (κ2) is 5.95. The number of hydrogen-bond donors (Lipinski definition) is 2. The van der Waals surface area contributed by atoms with Crippen LogP contribution in [0.1, 0.15) is 24.2 Å². The van der Waals surface area contributed by atoms with Crippen LogP contribution < -0.4 is 4.72 Å². The Bertz CT molecular complexity index is 775. The van der Waals surface area contributed by atoms with Crippen LogP contribution in [0, 0.1) is 11.3 Å². The highest BCUT2D eigenvalue weighted by Gasteiger charge is 2.16. The van der Waals surface area contributed by atoms with E-state index in [4.69, 9.17) is 5.26 Å². The predicted octanol–water partition coefficient (Wildman–Crippen LogP) is 2.41. The van der Waals surface area contributed by atoms with Crippen molar-refractivity contribution in [1.29, 1.82) is 5.26 Å². The Morgan fingerprint density at radius 2 is 1.76 bits per heavy atom. The maximum Gasteiger partial charge on any atom is 0.261 e.